The molecular formula is C24H30N2O3. The predicted octanol–water partition coefficient (Wildman–Crippen LogP) is 4.84. The van der Waals surface area contributed by atoms with Gasteiger partial charge in [0.05, 0.1) is 14.2 Å². The fourth-order valence-electron chi connectivity index (χ4n) is 4.60. The number of para-hydroxylation sites is 1. The molecule has 1 saturated carbocycles. The van der Waals surface area contributed by atoms with E-state index >= 15 is 0 Å². The first kappa shape index (κ1) is 19.8. The fourth-order valence-corrected chi connectivity index (χ4v) is 4.60. The lowest BCUT2D eigenvalue weighted by molar-refractivity contribution is 0.249. The molecule has 2 aromatic carbocycles. The second-order valence-electron chi connectivity index (χ2n) is 7.97. The summed E-state index contributed by atoms with van der Waals surface area (Å²) in [5.74, 6) is 2.29. The number of benzene rings is 2. The van der Waals surface area contributed by atoms with Crippen molar-refractivity contribution >= 4 is 5.71 Å². The normalized spacial score (nSPS) is 22.8. The van der Waals surface area contributed by atoms with E-state index in [-0.39, 0.29) is 12.2 Å². The highest BCUT2D eigenvalue weighted by atomic mass is 16.5. The number of hydrogen-bond donors (Lipinski definition) is 2. The van der Waals surface area contributed by atoms with E-state index in [2.05, 4.69) is 5.32 Å². The third kappa shape index (κ3) is 4.25. The van der Waals surface area contributed by atoms with Crippen molar-refractivity contribution in [1.82, 2.24) is 5.32 Å². The molecule has 0 saturated heterocycles. The minimum atomic E-state index is 0.0312. The fraction of sp³-hybridized carbons (Fsp3) is 0.458. The molecule has 0 amide bonds. The van der Waals surface area contributed by atoms with E-state index in [1.165, 1.54) is 32.1 Å². The van der Waals surface area contributed by atoms with Gasteiger partial charge in [0, 0.05) is 23.7 Å². The van der Waals surface area contributed by atoms with Crippen LogP contribution in [0.3, 0.4) is 0 Å². The van der Waals surface area contributed by atoms with E-state index < -0.39 is 0 Å². The second-order valence-corrected chi connectivity index (χ2v) is 7.97. The van der Waals surface area contributed by atoms with E-state index in [0.717, 1.165) is 23.3 Å². The Bertz CT molecular complexity index is 874. The number of aromatic hydroxyl groups is 1. The van der Waals surface area contributed by atoms with Gasteiger partial charge in [0.15, 0.2) is 11.5 Å². The van der Waals surface area contributed by atoms with Crippen LogP contribution in [0.15, 0.2) is 47.5 Å². The van der Waals surface area contributed by atoms with Crippen molar-refractivity contribution in [3.63, 3.8) is 0 Å². The molecule has 0 radical (unpaired) electrons. The van der Waals surface area contributed by atoms with Gasteiger partial charge in [-0.2, -0.15) is 0 Å². The molecular weight excluding hydrogens is 364 g/mol. The molecule has 2 atom stereocenters. The van der Waals surface area contributed by atoms with Gasteiger partial charge in [0.25, 0.3) is 0 Å². The molecule has 2 aliphatic rings. The number of ether oxygens (including phenoxy) is 2. The molecule has 29 heavy (non-hydrogen) atoms. The first-order valence-electron chi connectivity index (χ1n) is 10.5. The SMILES string of the molecule is COc1ccc(C2=N[C@@H](C3CCCCC3)N[C@@H](c3ccccc3O)C2)cc1OC. The van der Waals surface area contributed by atoms with Crippen LogP contribution in [-0.4, -0.2) is 31.2 Å². The van der Waals surface area contributed by atoms with Gasteiger partial charge < -0.3 is 14.6 Å². The maximum atomic E-state index is 10.5. The number of rotatable bonds is 5. The summed E-state index contributed by atoms with van der Waals surface area (Å²) < 4.78 is 10.9. The summed E-state index contributed by atoms with van der Waals surface area (Å²) in [6, 6.07) is 13.6. The maximum absolute atomic E-state index is 10.5. The van der Waals surface area contributed by atoms with Crippen LogP contribution in [0, 0.1) is 5.92 Å². The van der Waals surface area contributed by atoms with Crippen molar-refractivity contribution in [3.8, 4) is 17.2 Å². The Morgan fingerprint density at radius 2 is 1.72 bits per heavy atom. The Kier molecular flexibility index (Phi) is 6.05. The average Bonchev–Trinajstić information content (AvgIpc) is 2.79. The monoisotopic (exact) mass is 394 g/mol. The van der Waals surface area contributed by atoms with Crippen LogP contribution in [0.1, 0.15) is 55.7 Å². The number of phenols is 1. The van der Waals surface area contributed by atoms with Crippen molar-refractivity contribution in [2.75, 3.05) is 14.2 Å². The zero-order chi connectivity index (χ0) is 20.2. The highest BCUT2D eigenvalue weighted by molar-refractivity contribution is 6.02. The van der Waals surface area contributed by atoms with Crippen LogP contribution < -0.4 is 14.8 Å². The largest absolute Gasteiger partial charge is 0.508 e. The minimum absolute atomic E-state index is 0.0312. The standard InChI is InChI=1S/C24H30N2O3/c1-28-22-13-12-17(14-23(22)29-2)19-15-20(18-10-6-7-11-21(18)27)26-24(25-19)16-8-4-3-5-9-16/h6-7,10-14,16,20,24,26-27H,3-5,8-9,15H2,1-2H3/t20-,24-/m1/s1. The van der Waals surface area contributed by atoms with Crippen LogP contribution in [0.5, 0.6) is 17.2 Å². The summed E-state index contributed by atoms with van der Waals surface area (Å²) >= 11 is 0. The summed E-state index contributed by atoms with van der Waals surface area (Å²) in [6.45, 7) is 0. The van der Waals surface area contributed by atoms with Crippen molar-refractivity contribution in [3.05, 3.63) is 53.6 Å². The van der Waals surface area contributed by atoms with Gasteiger partial charge in [-0.1, -0.05) is 37.5 Å². The molecule has 5 nitrogen and oxygen atoms in total. The molecule has 4 rings (SSSR count). The molecule has 1 aliphatic carbocycles. The average molecular weight is 395 g/mol. The molecule has 1 fully saturated rings. The highest BCUT2D eigenvalue weighted by Gasteiger charge is 2.32. The smallest absolute Gasteiger partial charge is 0.161 e. The Morgan fingerprint density at radius 1 is 0.966 bits per heavy atom. The van der Waals surface area contributed by atoms with Gasteiger partial charge in [0.2, 0.25) is 0 Å². The summed E-state index contributed by atoms with van der Waals surface area (Å²) in [5, 5.41) is 14.2. The Hall–Kier alpha value is -2.53. The van der Waals surface area contributed by atoms with Crippen molar-refractivity contribution in [2.45, 2.75) is 50.7 Å². The third-order valence-corrected chi connectivity index (χ3v) is 6.19. The van der Waals surface area contributed by atoms with E-state index in [9.17, 15) is 5.11 Å². The maximum Gasteiger partial charge on any atom is 0.161 e. The van der Waals surface area contributed by atoms with Crippen LogP contribution in [0.2, 0.25) is 0 Å². The summed E-state index contributed by atoms with van der Waals surface area (Å²) in [4.78, 5) is 5.14. The van der Waals surface area contributed by atoms with Gasteiger partial charge in [-0.3, -0.25) is 10.3 Å². The topological polar surface area (TPSA) is 63.1 Å². The lowest BCUT2D eigenvalue weighted by atomic mass is 9.84. The lowest BCUT2D eigenvalue weighted by Gasteiger charge is -2.36. The van der Waals surface area contributed by atoms with E-state index in [1.807, 2.05) is 36.4 Å². The first-order chi connectivity index (χ1) is 14.2. The molecule has 154 valence electrons. The molecule has 0 aromatic heterocycles. The van der Waals surface area contributed by atoms with Crippen molar-refractivity contribution in [2.24, 2.45) is 10.9 Å². The number of nitrogens with one attached hydrogen (secondary N) is 1. The van der Waals surface area contributed by atoms with Crippen LogP contribution in [0.25, 0.3) is 0 Å². The van der Waals surface area contributed by atoms with Gasteiger partial charge in [-0.05, 0) is 48.6 Å². The van der Waals surface area contributed by atoms with Crippen LogP contribution in [0.4, 0.5) is 0 Å². The molecule has 5 heteroatoms. The molecule has 1 heterocycles. The predicted molar refractivity (Wildman–Crippen MR) is 115 cm³/mol. The molecule has 0 bridgehead atoms. The number of methoxy groups -OCH3 is 2. The molecule has 2 N–H and O–H groups in total. The zero-order valence-corrected chi connectivity index (χ0v) is 17.2. The third-order valence-electron chi connectivity index (χ3n) is 6.19. The lowest BCUT2D eigenvalue weighted by Crippen LogP contribution is -2.43. The second kappa shape index (κ2) is 8.87. The van der Waals surface area contributed by atoms with E-state index in [0.29, 0.717) is 23.2 Å². The summed E-state index contributed by atoms with van der Waals surface area (Å²) in [7, 11) is 3.30. The number of nitrogens with zero attached hydrogens (tertiary/aromatic N) is 1. The highest BCUT2D eigenvalue weighted by Crippen LogP contribution is 2.36. The molecule has 0 spiro atoms. The van der Waals surface area contributed by atoms with Crippen molar-refractivity contribution < 1.29 is 14.6 Å². The summed E-state index contributed by atoms with van der Waals surface area (Å²) in [5.41, 5.74) is 3.03. The number of phenolic OH excluding ortho intramolecular Hbond substituents is 1. The van der Waals surface area contributed by atoms with Gasteiger partial charge in [0.1, 0.15) is 11.9 Å². The molecule has 0 unspecified atom stereocenters. The Morgan fingerprint density at radius 3 is 2.45 bits per heavy atom. The van der Waals surface area contributed by atoms with Crippen LogP contribution >= 0.6 is 0 Å². The zero-order valence-electron chi connectivity index (χ0n) is 17.2. The Labute approximate surface area is 172 Å². The quantitative estimate of drug-likeness (QED) is 0.762. The van der Waals surface area contributed by atoms with Gasteiger partial charge in [-0.15, -0.1) is 0 Å². The minimum Gasteiger partial charge on any atom is -0.508 e. The number of aliphatic imine (C=N–C) groups is 1. The van der Waals surface area contributed by atoms with Crippen molar-refractivity contribution in [1.29, 1.82) is 0 Å². The van der Waals surface area contributed by atoms with Gasteiger partial charge in [-0.25, -0.2) is 0 Å². The first-order valence-corrected chi connectivity index (χ1v) is 10.5. The van der Waals surface area contributed by atoms with E-state index in [4.69, 9.17) is 14.5 Å². The summed E-state index contributed by atoms with van der Waals surface area (Å²) in [6.07, 6.45) is 7.05. The molecule has 2 aromatic rings. The molecule has 1 aliphatic heterocycles. The number of hydrogen-bond acceptors (Lipinski definition) is 5. The van der Waals surface area contributed by atoms with Gasteiger partial charge >= 0.3 is 0 Å². The van der Waals surface area contributed by atoms with E-state index in [1.54, 1.807) is 20.3 Å². The Balaban J connectivity index is 1.70. The van der Waals surface area contributed by atoms with Crippen LogP contribution in [-0.2, 0) is 0 Å².